The Balaban J connectivity index is 2.07. The minimum Gasteiger partial charge on any atom is -0.381 e. The molecule has 1 aliphatic heterocycles. The second-order valence-corrected chi connectivity index (χ2v) is 7.72. The second-order valence-electron chi connectivity index (χ2n) is 5.12. The van der Waals surface area contributed by atoms with Crippen molar-refractivity contribution >= 4 is 26.0 Å². The van der Waals surface area contributed by atoms with Crippen LogP contribution in [0.5, 0.6) is 0 Å². The quantitative estimate of drug-likeness (QED) is 0.757. The zero-order valence-electron chi connectivity index (χ0n) is 11.6. The summed E-state index contributed by atoms with van der Waals surface area (Å²) in [5.41, 5.74) is 1.07. The van der Waals surface area contributed by atoms with E-state index < -0.39 is 10.0 Å². The van der Waals surface area contributed by atoms with Crippen LogP contribution in [0.4, 0.5) is 0 Å². The van der Waals surface area contributed by atoms with Crippen molar-refractivity contribution in [3.8, 4) is 0 Å². The van der Waals surface area contributed by atoms with E-state index in [0.29, 0.717) is 17.4 Å². The molecule has 1 aromatic carbocycles. The van der Waals surface area contributed by atoms with Crippen LogP contribution in [0.15, 0.2) is 29.2 Å². The number of hydrogen-bond donors (Lipinski definition) is 0. The van der Waals surface area contributed by atoms with Crippen molar-refractivity contribution in [2.24, 2.45) is 5.92 Å². The van der Waals surface area contributed by atoms with Crippen LogP contribution in [0, 0.1) is 5.92 Å². The molecule has 0 unspecified atom stereocenters. The van der Waals surface area contributed by atoms with Crippen molar-refractivity contribution in [1.82, 2.24) is 4.31 Å². The predicted octanol–water partition coefficient (Wildman–Crippen LogP) is 2.63. The highest BCUT2D eigenvalue weighted by atomic mass is 79.9. The summed E-state index contributed by atoms with van der Waals surface area (Å²) in [6.07, 6.45) is 1.87. The van der Waals surface area contributed by atoms with Crippen LogP contribution in [-0.4, -0.2) is 39.5 Å². The molecule has 6 heteroatoms. The highest BCUT2D eigenvalue weighted by Gasteiger charge is 2.24. The van der Waals surface area contributed by atoms with Gasteiger partial charge in [-0.15, -0.1) is 0 Å². The smallest absolute Gasteiger partial charge is 0.242 e. The average molecular weight is 362 g/mol. The number of halogens is 1. The maximum absolute atomic E-state index is 12.5. The van der Waals surface area contributed by atoms with E-state index in [1.54, 1.807) is 19.2 Å². The number of alkyl halides is 1. The van der Waals surface area contributed by atoms with Crippen LogP contribution in [0.3, 0.4) is 0 Å². The summed E-state index contributed by atoms with van der Waals surface area (Å²) in [6.45, 7) is 2.03. The van der Waals surface area contributed by atoms with Crippen molar-refractivity contribution in [2.75, 3.05) is 26.8 Å². The largest absolute Gasteiger partial charge is 0.381 e. The van der Waals surface area contributed by atoms with Crippen LogP contribution >= 0.6 is 15.9 Å². The Hall–Kier alpha value is -0.430. The molecule has 2 rings (SSSR count). The predicted molar refractivity (Wildman–Crippen MR) is 82.4 cm³/mol. The van der Waals surface area contributed by atoms with Gasteiger partial charge < -0.3 is 4.74 Å². The van der Waals surface area contributed by atoms with Crippen molar-refractivity contribution < 1.29 is 13.2 Å². The van der Waals surface area contributed by atoms with Gasteiger partial charge in [0, 0.05) is 32.1 Å². The van der Waals surface area contributed by atoms with Crippen molar-refractivity contribution in [3.05, 3.63) is 29.8 Å². The van der Waals surface area contributed by atoms with Crippen LogP contribution in [0.2, 0.25) is 0 Å². The van der Waals surface area contributed by atoms with E-state index in [1.165, 1.54) is 4.31 Å². The maximum Gasteiger partial charge on any atom is 0.242 e. The zero-order valence-corrected chi connectivity index (χ0v) is 14.0. The first-order valence-electron chi connectivity index (χ1n) is 6.73. The van der Waals surface area contributed by atoms with Gasteiger partial charge in [-0.2, -0.15) is 0 Å². The van der Waals surface area contributed by atoms with Gasteiger partial charge in [-0.05, 0) is 36.5 Å². The Morgan fingerprint density at radius 1 is 1.25 bits per heavy atom. The molecule has 0 spiro atoms. The molecule has 0 atom stereocenters. The second kappa shape index (κ2) is 7.02. The number of hydrogen-bond acceptors (Lipinski definition) is 3. The SMILES string of the molecule is CN(CC1CCOCC1)S(=O)(=O)c1ccc(CBr)cc1. The van der Waals surface area contributed by atoms with E-state index >= 15 is 0 Å². The van der Waals surface area contributed by atoms with Crippen LogP contribution < -0.4 is 0 Å². The molecule has 0 amide bonds. The van der Waals surface area contributed by atoms with Crippen LogP contribution in [0.1, 0.15) is 18.4 Å². The molecule has 20 heavy (non-hydrogen) atoms. The molecule has 4 nitrogen and oxygen atoms in total. The summed E-state index contributed by atoms with van der Waals surface area (Å²) >= 11 is 3.36. The molecule has 112 valence electrons. The minimum atomic E-state index is -3.39. The molecule has 0 radical (unpaired) electrons. The molecule has 1 heterocycles. The number of nitrogens with zero attached hydrogens (tertiary/aromatic N) is 1. The number of rotatable bonds is 5. The van der Waals surface area contributed by atoms with Crippen molar-refractivity contribution in [2.45, 2.75) is 23.1 Å². The Bertz CT molecular complexity index is 524. The molecule has 0 N–H and O–H groups in total. The number of sulfonamides is 1. The van der Waals surface area contributed by atoms with Crippen LogP contribution in [0.25, 0.3) is 0 Å². The first-order chi connectivity index (χ1) is 9.54. The summed E-state index contributed by atoms with van der Waals surface area (Å²) < 4.78 is 31.7. The maximum atomic E-state index is 12.5. The third-order valence-corrected chi connectivity index (χ3v) is 6.13. The summed E-state index contributed by atoms with van der Waals surface area (Å²) in [5.74, 6) is 0.394. The van der Waals surface area contributed by atoms with E-state index in [4.69, 9.17) is 4.74 Å². The van der Waals surface area contributed by atoms with Gasteiger partial charge in [-0.1, -0.05) is 28.1 Å². The molecule has 0 bridgehead atoms. The van der Waals surface area contributed by atoms with Crippen molar-refractivity contribution in [1.29, 1.82) is 0 Å². The molecule has 1 aliphatic rings. The van der Waals surface area contributed by atoms with E-state index in [-0.39, 0.29) is 0 Å². The van der Waals surface area contributed by atoms with Gasteiger partial charge in [0.1, 0.15) is 0 Å². The lowest BCUT2D eigenvalue weighted by molar-refractivity contribution is 0.0620. The minimum absolute atomic E-state index is 0.358. The van der Waals surface area contributed by atoms with Crippen molar-refractivity contribution in [3.63, 3.8) is 0 Å². The molecule has 1 saturated heterocycles. The standard InChI is InChI=1S/C14H20BrNO3S/c1-16(11-13-6-8-19-9-7-13)20(17,18)14-4-2-12(10-15)3-5-14/h2-5,13H,6-11H2,1H3. The van der Waals surface area contributed by atoms with Gasteiger partial charge in [0.15, 0.2) is 0 Å². The fraction of sp³-hybridized carbons (Fsp3) is 0.571. The third-order valence-electron chi connectivity index (χ3n) is 3.64. The van der Waals surface area contributed by atoms with E-state index in [0.717, 1.165) is 36.9 Å². The van der Waals surface area contributed by atoms with Gasteiger partial charge in [0.05, 0.1) is 4.90 Å². The lowest BCUT2D eigenvalue weighted by Crippen LogP contribution is -2.34. The van der Waals surface area contributed by atoms with E-state index in [2.05, 4.69) is 15.9 Å². The normalized spacial score (nSPS) is 17.6. The molecule has 0 saturated carbocycles. The van der Waals surface area contributed by atoms with Gasteiger partial charge >= 0.3 is 0 Å². The molecular formula is C14H20BrNO3S. The van der Waals surface area contributed by atoms with Crippen LogP contribution in [-0.2, 0) is 20.1 Å². The molecule has 0 aliphatic carbocycles. The summed E-state index contributed by atoms with van der Waals surface area (Å²) in [4.78, 5) is 0.358. The third kappa shape index (κ3) is 3.81. The molecule has 0 aromatic heterocycles. The first-order valence-corrected chi connectivity index (χ1v) is 9.29. The highest BCUT2D eigenvalue weighted by molar-refractivity contribution is 9.08. The Morgan fingerprint density at radius 3 is 2.40 bits per heavy atom. The van der Waals surface area contributed by atoms with Gasteiger partial charge in [-0.3, -0.25) is 0 Å². The summed E-state index contributed by atoms with van der Waals surface area (Å²) in [6, 6.07) is 7.02. The highest BCUT2D eigenvalue weighted by Crippen LogP contribution is 2.21. The van der Waals surface area contributed by atoms with E-state index in [1.807, 2.05) is 12.1 Å². The molecule has 1 aromatic rings. The summed E-state index contributed by atoms with van der Waals surface area (Å²) in [7, 11) is -1.73. The molecular weight excluding hydrogens is 342 g/mol. The Kier molecular flexibility index (Phi) is 5.60. The Morgan fingerprint density at radius 2 is 1.85 bits per heavy atom. The summed E-state index contributed by atoms with van der Waals surface area (Å²) in [5, 5.41) is 0.727. The first kappa shape index (κ1) is 15.9. The Labute approximate surface area is 129 Å². The van der Waals surface area contributed by atoms with E-state index in [9.17, 15) is 8.42 Å². The van der Waals surface area contributed by atoms with Gasteiger partial charge in [0.2, 0.25) is 10.0 Å². The zero-order chi connectivity index (χ0) is 14.6. The fourth-order valence-electron chi connectivity index (χ4n) is 2.32. The lowest BCUT2D eigenvalue weighted by atomic mass is 10.0. The fourth-order valence-corrected chi connectivity index (χ4v) is 3.94. The van der Waals surface area contributed by atoms with Gasteiger partial charge in [0.25, 0.3) is 0 Å². The average Bonchev–Trinajstić information content (AvgIpc) is 2.48. The molecule has 1 fully saturated rings. The topological polar surface area (TPSA) is 46.6 Å². The monoisotopic (exact) mass is 361 g/mol. The lowest BCUT2D eigenvalue weighted by Gasteiger charge is -2.26. The number of ether oxygens (including phenoxy) is 1. The van der Waals surface area contributed by atoms with Gasteiger partial charge in [-0.25, -0.2) is 12.7 Å². The number of benzene rings is 1.